The van der Waals surface area contributed by atoms with Crippen LogP contribution in [0.3, 0.4) is 0 Å². The quantitative estimate of drug-likeness (QED) is 0.551. The molecule has 0 unspecified atom stereocenters. The molecule has 2 aromatic carbocycles. The molecule has 0 spiro atoms. The lowest BCUT2D eigenvalue weighted by Crippen LogP contribution is -2.38. The van der Waals surface area contributed by atoms with Gasteiger partial charge in [-0.3, -0.25) is 14.3 Å². The third-order valence-corrected chi connectivity index (χ3v) is 5.23. The molecule has 1 heterocycles. The molecule has 3 N–H and O–H groups in total. The minimum absolute atomic E-state index is 0.0711. The molecule has 0 saturated heterocycles. The first-order valence-corrected chi connectivity index (χ1v) is 10.0. The molecule has 0 aliphatic carbocycles. The van der Waals surface area contributed by atoms with Crippen LogP contribution in [0.2, 0.25) is 10.0 Å². The van der Waals surface area contributed by atoms with Gasteiger partial charge in [-0.1, -0.05) is 59.6 Å². The second-order valence-electron chi connectivity index (χ2n) is 6.71. The van der Waals surface area contributed by atoms with Crippen molar-refractivity contribution >= 4 is 34.7 Å². The van der Waals surface area contributed by atoms with E-state index in [0.29, 0.717) is 23.1 Å². The summed E-state index contributed by atoms with van der Waals surface area (Å²) in [5.74, 6) is 0.0711. The number of nitrogen functional groups attached to an aromatic ring is 1. The zero-order chi connectivity index (χ0) is 21.7. The molecule has 1 aromatic heterocycles. The first kappa shape index (κ1) is 22.0. The van der Waals surface area contributed by atoms with Crippen LogP contribution in [0.1, 0.15) is 11.1 Å². The second-order valence-corrected chi connectivity index (χ2v) is 7.56. The van der Waals surface area contributed by atoms with Crippen molar-refractivity contribution < 1.29 is 4.74 Å². The second kappa shape index (κ2) is 9.84. The summed E-state index contributed by atoms with van der Waals surface area (Å²) in [6.45, 7) is 1.17. The Bertz CT molecular complexity index is 1130. The normalized spacial score (nSPS) is 10.9. The van der Waals surface area contributed by atoms with Gasteiger partial charge in [-0.15, -0.1) is 0 Å². The van der Waals surface area contributed by atoms with Gasteiger partial charge < -0.3 is 15.4 Å². The Labute approximate surface area is 183 Å². The molecule has 0 bridgehead atoms. The van der Waals surface area contributed by atoms with E-state index in [9.17, 15) is 9.59 Å². The van der Waals surface area contributed by atoms with Gasteiger partial charge in [-0.25, -0.2) is 4.79 Å². The Hall–Kier alpha value is -2.74. The maximum atomic E-state index is 12.8. The summed E-state index contributed by atoms with van der Waals surface area (Å²) < 4.78 is 6.35. The lowest BCUT2D eigenvalue weighted by Gasteiger charge is -2.27. The Balaban J connectivity index is 2.09. The number of benzene rings is 2. The van der Waals surface area contributed by atoms with Crippen LogP contribution in [0, 0.1) is 0 Å². The van der Waals surface area contributed by atoms with Crippen molar-refractivity contribution in [2.24, 2.45) is 0 Å². The zero-order valence-corrected chi connectivity index (χ0v) is 17.9. The number of methoxy groups -OCH3 is 1. The minimum atomic E-state index is -0.581. The molecule has 30 heavy (non-hydrogen) atoms. The first-order valence-electron chi connectivity index (χ1n) is 9.25. The van der Waals surface area contributed by atoms with Crippen molar-refractivity contribution in [3.8, 4) is 0 Å². The van der Waals surface area contributed by atoms with Crippen molar-refractivity contribution in [1.29, 1.82) is 0 Å². The topological polar surface area (TPSA) is 93.3 Å². The van der Waals surface area contributed by atoms with Crippen LogP contribution in [0.5, 0.6) is 0 Å². The van der Waals surface area contributed by atoms with Gasteiger partial charge in [0.2, 0.25) is 0 Å². The predicted octanol–water partition coefficient (Wildman–Crippen LogP) is 3.28. The minimum Gasteiger partial charge on any atom is -0.383 e. The van der Waals surface area contributed by atoms with Gasteiger partial charge in [0.25, 0.3) is 5.56 Å². The third-order valence-electron chi connectivity index (χ3n) is 4.64. The van der Waals surface area contributed by atoms with Gasteiger partial charge in [-0.2, -0.15) is 0 Å². The SMILES string of the molecule is COCCn1c(N)c(N(Cc2ccccc2)Cc2ccc(Cl)cc2Cl)c(=O)[nH]c1=O. The molecule has 7 nitrogen and oxygen atoms in total. The highest BCUT2D eigenvalue weighted by atomic mass is 35.5. The largest absolute Gasteiger partial charge is 0.383 e. The molecule has 9 heteroatoms. The molecule has 0 radical (unpaired) electrons. The van der Waals surface area contributed by atoms with E-state index < -0.39 is 11.2 Å². The summed E-state index contributed by atoms with van der Waals surface area (Å²) in [5.41, 5.74) is 7.08. The van der Waals surface area contributed by atoms with Crippen LogP contribution in [-0.2, 0) is 24.4 Å². The van der Waals surface area contributed by atoms with Gasteiger partial charge >= 0.3 is 5.69 Å². The molecule has 0 amide bonds. The van der Waals surface area contributed by atoms with E-state index in [2.05, 4.69) is 4.98 Å². The molecular weight excluding hydrogens is 427 g/mol. The molecular formula is C21H22Cl2N4O3. The molecule has 0 saturated carbocycles. The number of rotatable bonds is 8. The van der Waals surface area contributed by atoms with Gasteiger partial charge in [0, 0.05) is 30.2 Å². The van der Waals surface area contributed by atoms with Crippen molar-refractivity contribution in [3.05, 3.63) is 90.5 Å². The molecule has 0 fully saturated rings. The Morgan fingerprint density at radius 1 is 1.10 bits per heavy atom. The number of aromatic nitrogens is 2. The van der Waals surface area contributed by atoms with E-state index in [1.165, 1.54) is 11.7 Å². The third kappa shape index (κ3) is 5.05. The number of nitrogens with one attached hydrogen (secondary N) is 1. The van der Waals surface area contributed by atoms with Crippen LogP contribution in [0.15, 0.2) is 58.1 Å². The first-order chi connectivity index (χ1) is 14.4. The summed E-state index contributed by atoms with van der Waals surface area (Å²) in [6.07, 6.45) is 0. The number of hydrogen-bond donors (Lipinski definition) is 2. The Kier molecular flexibility index (Phi) is 7.20. The van der Waals surface area contributed by atoms with Crippen LogP contribution in [0.25, 0.3) is 0 Å². The summed E-state index contributed by atoms with van der Waals surface area (Å²) in [5, 5.41) is 0.993. The number of halogens is 2. The number of aromatic amines is 1. The number of H-pyrrole nitrogens is 1. The van der Waals surface area contributed by atoms with Crippen molar-refractivity contribution in [1.82, 2.24) is 9.55 Å². The maximum Gasteiger partial charge on any atom is 0.330 e. The molecule has 3 aromatic rings. The highest BCUT2D eigenvalue weighted by Gasteiger charge is 2.20. The summed E-state index contributed by atoms with van der Waals surface area (Å²) >= 11 is 12.4. The monoisotopic (exact) mass is 448 g/mol. The van der Waals surface area contributed by atoms with E-state index in [-0.39, 0.29) is 24.7 Å². The van der Waals surface area contributed by atoms with E-state index in [1.54, 1.807) is 23.1 Å². The molecule has 0 aliphatic rings. The fourth-order valence-electron chi connectivity index (χ4n) is 3.16. The van der Waals surface area contributed by atoms with Crippen LogP contribution in [0.4, 0.5) is 11.5 Å². The van der Waals surface area contributed by atoms with Crippen LogP contribution in [-0.4, -0.2) is 23.3 Å². The van der Waals surface area contributed by atoms with Gasteiger partial charge in [0.15, 0.2) is 0 Å². The summed E-state index contributed by atoms with van der Waals surface area (Å²) in [6, 6.07) is 14.8. The number of hydrogen-bond acceptors (Lipinski definition) is 5. The summed E-state index contributed by atoms with van der Waals surface area (Å²) in [4.78, 5) is 29.2. The van der Waals surface area contributed by atoms with Crippen LogP contribution < -0.4 is 21.9 Å². The van der Waals surface area contributed by atoms with Crippen molar-refractivity contribution in [2.75, 3.05) is 24.4 Å². The highest BCUT2D eigenvalue weighted by Crippen LogP contribution is 2.26. The number of nitrogens with two attached hydrogens (primary N) is 1. The fourth-order valence-corrected chi connectivity index (χ4v) is 3.63. The Morgan fingerprint density at radius 3 is 2.50 bits per heavy atom. The zero-order valence-electron chi connectivity index (χ0n) is 16.4. The predicted molar refractivity (Wildman–Crippen MR) is 120 cm³/mol. The van der Waals surface area contributed by atoms with E-state index in [4.69, 9.17) is 33.7 Å². The van der Waals surface area contributed by atoms with Crippen LogP contribution >= 0.6 is 23.2 Å². The highest BCUT2D eigenvalue weighted by molar-refractivity contribution is 6.35. The average Bonchev–Trinajstić information content (AvgIpc) is 2.70. The van der Waals surface area contributed by atoms with Gasteiger partial charge in [0.1, 0.15) is 11.5 Å². The average molecular weight is 449 g/mol. The van der Waals surface area contributed by atoms with Crippen molar-refractivity contribution in [3.63, 3.8) is 0 Å². The van der Waals surface area contributed by atoms with Gasteiger partial charge in [-0.05, 0) is 23.3 Å². The smallest absolute Gasteiger partial charge is 0.330 e. The summed E-state index contributed by atoms with van der Waals surface area (Å²) in [7, 11) is 1.53. The number of ether oxygens (including phenoxy) is 1. The number of anilines is 2. The molecule has 0 atom stereocenters. The van der Waals surface area contributed by atoms with Gasteiger partial charge in [0.05, 0.1) is 13.2 Å². The number of nitrogens with zero attached hydrogens (tertiary/aromatic N) is 2. The Morgan fingerprint density at radius 2 is 1.83 bits per heavy atom. The molecule has 3 rings (SSSR count). The van der Waals surface area contributed by atoms with E-state index in [1.807, 2.05) is 30.3 Å². The molecule has 0 aliphatic heterocycles. The molecule has 158 valence electrons. The lowest BCUT2D eigenvalue weighted by molar-refractivity contribution is 0.186. The maximum absolute atomic E-state index is 12.8. The standard InChI is InChI=1S/C21H22Cl2N4O3/c1-30-10-9-27-19(24)18(20(28)25-21(27)29)26(12-14-5-3-2-4-6-14)13-15-7-8-16(22)11-17(15)23/h2-8,11H,9-10,12-13,24H2,1H3,(H,25,28,29). The fraction of sp³-hybridized carbons (Fsp3) is 0.238. The lowest BCUT2D eigenvalue weighted by atomic mass is 10.1. The van der Waals surface area contributed by atoms with Crippen molar-refractivity contribution in [2.45, 2.75) is 19.6 Å². The van der Waals surface area contributed by atoms with E-state index in [0.717, 1.165) is 11.1 Å². The van der Waals surface area contributed by atoms with E-state index >= 15 is 0 Å².